The normalized spacial score (nSPS) is 10.6. The van der Waals surface area contributed by atoms with Crippen LogP contribution in [0.3, 0.4) is 0 Å². The highest BCUT2D eigenvalue weighted by Crippen LogP contribution is 2.04. The van der Waals surface area contributed by atoms with Crippen molar-refractivity contribution in [1.82, 2.24) is 0 Å². The number of hydrogen-bond donors (Lipinski definition) is 0. The van der Waals surface area contributed by atoms with Gasteiger partial charge in [-0.25, -0.2) is 0 Å². The predicted octanol–water partition coefficient (Wildman–Crippen LogP) is -0.988. The van der Waals surface area contributed by atoms with E-state index in [9.17, 15) is 4.79 Å². The Morgan fingerprint density at radius 3 is 2.07 bits per heavy atom. The summed E-state index contributed by atoms with van der Waals surface area (Å²) >= 11 is 0. The molecular weight excluding hydrogens is 198 g/mol. The van der Waals surface area contributed by atoms with Crippen LogP contribution in [-0.4, -0.2) is 38.0 Å². The quantitative estimate of drug-likeness (QED) is 0.319. The molecule has 0 unspecified atom stereocenters. The maximum atomic E-state index is 11.2. The average Bonchev–Trinajstić information content (AvgIpc) is 1.95. The lowest BCUT2D eigenvalue weighted by Crippen LogP contribution is -3.00. The third kappa shape index (κ3) is 9.75. The first kappa shape index (κ1) is 16.1. The summed E-state index contributed by atoms with van der Waals surface area (Å²) < 4.78 is 0.973. The van der Waals surface area contributed by atoms with Crippen LogP contribution in [0.5, 0.6) is 0 Å². The lowest BCUT2D eigenvalue weighted by Gasteiger charge is -2.23. The Bertz CT molecular complexity index is 194. The zero-order chi connectivity index (χ0) is 10.5. The minimum absolute atomic E-state index is 0. The first-order valence-electron chi connectivity index (χ1n) is 4.82. The Morgan fingerprint density at radius 1 is 1.21 bits per heavy atom. The van der Waals surface area contributed by atoms with Gasteiger partial charge in [0.25, 0.3) is 0 Å². The Kier molecular flexibility index (Phi) is 8.07. The number of halogens is 1. The molecule has 0 N–H and O–H groups in total. The first-order valence-corrected chi connectivity index (χ1v) is 4.82. The fraction of sp³-hybridized carbons (Fsp3) is 0.727. The molecule has 0 radical (unpaired) electrons. The summed E-state index contributed by atoms with van der Waals surface area (Å²) in [5, 5.41) is 0. The summed E-state index contributed by atoms with van der Waals surface area (Å²) in [7, 11) is 6.50. The largest absolute Gasteiger partial charge is 1.00 e. The number of Topliss-reactive ketones (excluding diaryl/α,β-unsaturated/α-hetero) is 1. The number of nitrogens with zero attached hydrogens (tertiary/aromatic N) is 1. The maximum Gasteiger partial charge on any atom is 0.157 e. The van der Waals surface area contributed by atoms with Crippen molar-refractivity contribution in [3.8, 4) is 0 Å². The Morgan fingerprint density at radius 2 is 1.71 bits per heavy atom. The molecule has 84 valence electrons. The van der Waals surface area contributed by atoms with E-state index in [0.717, 1.165) is 23.9 Å². The highest BCUT2D eigenvalue weighted by Gasteiger charge is 2.07. The summed E-state index contributed by atoms with van der Waals surface area (Å²) in [5.74, 6) is 0.210. The number of hydrogen-bond acceptors (Lipinski definition) is 1. The van der Waals surface area contributed by atoms with E-state index >= 15 is 0 Å². The van der Waals surface area contributed by atoms with E-state index in [4.69, 9.17) is 0 Å². The zero-order valence-electron chi connectivity index (χ0n) is 9.77. The van der Waals surface area contributed by atoms with E-state index < -0.39 is 0 Å². The second kappa shape index (κ2) is 7.02. The van der Waals surface area contributed by atoms with Gasteiger partial charge in [0.1, 0.15) is 0 Å². The number of rotatable bonds is 6. The smallest absolute Gasteiger partial charge is 0.157 e. The molecule has 14 heavy (non-hydrogen) atoms. The number of carbonyl (C=O) groups excluding carboxylic acids is 1. The monoisotopic (exact) mass is 219 g/mol. The second-order valence-electron chi connectivity index (χ2n) is 4.67. The minimum atomic E-state index is 0. The van der Waals surface area contributed by atoms with Gasteiger partial charge in [-0.3, -0.25) is 4.79 Å². The van der Waals surface area contributed by atoms with Crippen LogP contribution in [0.25, 0.3) is 0 Å². The lowest BCUT2D eigenvalue weighted by molar-refractivity contribution is -0.870. The molecule has 0 spiro atoms. The minimum Gasteiger partial charge on any atom is -1.00 e. The molecule has 2 nitrogen and oxygen atoms in total. The van der Waals surface area contributed by atoms with Gasteiger partial charge in [0.05, 0.1) is 27.7 Å². The summed E-state index contributed by atoms with van der Waals surface area (Å²) in [4.78, 5) is 11.2. The van der Waals surface area contributed by atoms with E-state index in [1.165, 1.54) is 0 Å². The molecule has 0 saturated carbocycles. The predicted molar refractivity (Wildman–Crippen MR) is 56.6 cm³/mol. The van der Waals surface area contributed by atoms with Gasteiger partial charge < -0.3 is 16.9 Å². The Balaban J connectivity index is 0. The molecule has 0 aliphatic heterocycles. The molecule has 0 aromatic carbocycles. The van der Waals surface area contributed by atoms with Gasteiger partial charge in [0, 0.05) is 6.42 Å². The van der Waals surface area contributed by atoms with E-state index in [1.54, 1.807) is 6.92 Å². The van der Waals surface area contributed by atoms with Crippen molar-refractivity contribution in [2.75, 3.05) is 27.7 Å². The molecule has 0 fully saturated rings. The first-order chi connectivity index (χ1) is 5.83. The molecule has 0 aromatic rings. The number of unbranched alkanes of at least 4 members (excludes halogenated alkanes) is 1. The van der Waals surface area contributed by atoms with E-state index in [0.29, 0.717) is 12.0 Å². The van der Waals surface area contributed by atoms with Crippen molar-refractivity contribution in [2.45, 2.75) is 26.2 Å². The van der Waals surface area contributed by atoms with Crippen LogP contribution in [0, 0.1) is 0 Å². The second-order valence-corrected chi connectivity index (χ2v) is 4.67. The van der Waals surface area contributed by atoms with Gasteiger partial charge in [-0.15, -0.1) is 0 Å². The highest BCUT2D eigenvalue weighted by molar-refractivity contribution is 5.93. The molecule has 0 heterocycles. The fourth-order valence-corrected chi connectivity index (χ4v) is 1.09. The number of carbonyl (C=O) groups is 1. The van der Waals surface area contributed by atoms with Crippen LogP contribution in [-0.2, 0) is 4.79 Å². The van der Waals surface area contributed by atoms with Gasteiger partial charge >= 0.3 is 0 Å². The van der Waals surface area contributed by atoms with Gasteiger partial charge in [-0.05, 0) is 25.3 Å². The van der Waals surface area contributed by atoms with Crippen LogP contribution in [0.4, 0.5) is 0 Å². The summed E-state index contributed by atoms with van der Waals surface area (Å²) in [6.45, 7) is 6.54. The van der Waals surface area contributed by atoms with Crippen molar-refractivity contribution in [2.24, 2.45) is 0 Å². The SMILES string of the molecule is C=C(C)C(=O)CCCC[N+](C)(C)C.[Cl-]. The topological polar surface area (TPSA) is 17.1 Å². The van der Waals surface area contributed by atoms with Gasteiger partial charge in [-0.2, -0.15) is 0 Å². The molecule has 0 atom stereocenters. The summed E-state index contributed by atoms with van der Waals surface area (Å²) in [6, 6.07) is 0. The van der Waals surface area contributed by atoms with Crippen LogP contribution < -0.4 is 12.4 Å². The Hall–Kier alpha value is -0.340. The third-order valence-corrected chi connectivity index (χ3v) is 1.96. The van der Waals surface area contributed by atoms with Crippen molar-refractivity contribution >= 4 is 5.78 Å². The van der Waals surface area contributed by atoms with Crippen molar-refractivity contribution in [1.29, 1.82) is 0 Å². The van der Waals surface area contributed by atoms with Crippen molar-refractivity contribution in [3.63, 3.8) is 0 Å². The van der Waals surface area contributed by atoms with Crippen LogP contribution >= 0.6 is 0 Å². The van der Waals surface area contributed by atoms with Crippen molar-refractivity contribution in [3.05, 3.63) is 12.2 Å². The molecule has 3 heteroatoms. The molecule has 0 bridgehead atoms. The maximum absolute atomic E-state index is 11.2. The standard InChI is InChI=1S/C11H22NO.ClH/c1-10(2)11(13)8-6-7-9-12(3,4)5;/h1,6-9H2,2-5H3;1H/q+1;/p-1. The highest BCUT2D eigenvalue weighted by atomic mass is 35.5. The number of ketones is 1. The molecule has 0 aliphatic rings. The molecule has 0 aromatic heterocycles. The van der Waals surface area contributed by atoms with Gasteiger partial charge in [-0.1, -0.05) is 6.58 Å². The van der Waals surface area contributed by atoms with E-state index in [2.05, 4.69) is 27.7 Å². The molecule has 0 saturated heterocycles. The van der Waals surface area contributed by atoms with Gasteiger partial charge in [0.15, 0.2) is 5.78 Å². The zero-order valence-corrected chi connectivity index (χ0v) is 10.5. The molecular formula is C11H22ClNO. The molecule has 0 aliphatic carbocycles. The average molecular weight is 220 g/mol. The Labute approximate surface area is 94.0 Å². The van der Waals surface area contributed by atoms with Crippen LogP contribution in [0.15, 0.2) is 12.2 Å². The summed E-state index contributed by atoms with van der Waals surface area (Å²) in [5.41, 5.74) is 0.685. The van der Waals surface area contributed by atoms with E-state index in [1.807, 2.05) is 0 Å². The third-order valence-electron chi connectivity index (χ3n) is 1.96. The summed E-state index contributed by atoms with van der Waals surface area (Å²) in [6.07, 6.45) is 2.76. The fourth-order valence-electron chi connectivity index (χ4n) is 1.09. The van der Waals surface area contributed by atoms with Crippen LogP contribution in [0.1, 0.15) is 26.2 Å². The lowest BCUT2D eigenvalue weighted by atomic mass is 10.1. The number of allylic oxidation sites excluding steroid dienone is 1. The molecule has 0 rings (SSSR count). The van der Waals surface area contributed by atoms with E-state index in [-0.39, 0.29) is 18.2 Å². The van der Waals surface area contributed by atoms with Crippen LogP contribution in [0.2, 0.25) is 0 Å². The van der Waals surface area contributed by atoms with Gasteiger partial charge in [0.2, 0.25) is 0 Å². The van der Waals surface area contributed by atoms with Crippen molar-refractivity contribution < 1.29 is 21.7 Å². The molecule has 0 amide bonds. The number of quaternary nitrogens is 1.